The van der Waals surface area contributed by atoms with Gasteiger partial charge in [0, 0.05) is 49.1 Å². The van der Waals surface area contributed by atoms with E-state index in [9.17, 15) is 22.8 Å². The van der Waals surface area contributed by atoms with E-state index in [1.165, 1.54) is 23.4 Å². The Hall–Kier alpha value is -5.21. The van der Waals surface area contributed by atoms with Crippen molar-refractivity contribution in [2.45, 2.75) is 25.9 Å². The van der Waals surface area contributed by atoms with E-state index in [1.807, 2.05) is 6.92 Å². The van der Waals surface area contributed by atoms with Gasteiger partial charge in [0.15, 0.2) is 5.82 Å². The van der Waals surface area contributed by atoms with E-state index >= 15 is 0 Å². The van der Waals surface area contributed by atoms with Crippen LogP contribution in [-0.2, 0) is 11.0 Å². The molecule has 12 nitrogen and oxygen atoms in total. The number of alkyl halides is 3. The lowest BCUT2D eigenvalue weighted by Gasteiger charge is -2.17. The van der Waals surface area contributed by atoms with E-state index in [1.54, 1.807) is 36.2 Å². The second kappa shape index (κ2) is 12.3. The number of nitrogens with one attached hydrogen (secondary N) is 3. The number of aromatic nitrogens is 5. The molecule has 2 amide bonds. The van der Waals surface area contributed by atoms with E-state index in [4.69, 9.17) is 4.74 Å². The lowest BCUT2D eigenvalue weighted by molar-refractivity contribution is -0.137. The molecule has 4 aromatic rings. The number of hydrogen-bond donors (Lipinski definition) is 3. The van der Waals surface area contributed by atoms with Gasteiger partial charge in [-0.15, -0.1) is 0 Å². The highest BCUT2D eigenvalue weighted by Crippen LogP contribution is 2.34. The van der Waals surface area contributed by atoms with Crippen LogP contribution in [0, 0.1) is 6.92 Å². The average Bonchev–Trinajstić information content (AvgIpc) is 3.62. The van der Waals surface area contributed by atoms with Crippen molar-refractivity contribution in [2.75, 3.05) is 42.7 Å². The molecule has 2 aromatic heterocycles. The van der Waals surface area contributed by atoms with Gasteiger partial charge in [-0.1, -0.05) is 6.07 Å². The van der Waals surface area contributed by atoms with Gasteiger partial charge in [0.25, 0.3) is 5.91 Å². The van der Waals surface area contributed by atoms with Gasteiger partial charge in [-0.2, -0.15) is 27.9 Å². The first-order valence-corrected chi connectivity index (χ1v) is 13.3. The zero-order chi connectivity index (χ0) is 30.6. The van der Waals surface area contributed by atoms with Crippen molar-refractivity contribution in [2.24, 2.45) is 0 Å². The van der Waals surface area contributed by atoms with Crippen LogP contribution in [0.25, 0.3) is 5.82 Å². The highest BCUT2D eigenvalue weighted by molar-refractivity contribution is 6.05. The molecular weight excluding hydrogens is 567 g/mol. The Bertz CT molecular complexity index is 1640. The van der Waals surface area contributed by atoms with Crippen LogP contribution in [0.1, 0.15) is 34.3 Å². The number of amides is 2. The second-order valence-corrected chi connectivity index (χ2v) is 9.69. The summed E-state index contributed by atoms with van der Waals surface area (Å²) in [7, 11) is 1.72. The highest BCUT2D eigenvalue weighted by atomic mass is 19.4. The SMILES string of the molecule is CNc1cc(-n2ncnc2Nc2cc(C(=O)Nc3cc(OCCN4CCCC4=O)cc(C(F)(F)F)c3)ccc2C)ncn1. The quantitative estimate of drug-likeness (QED) is 0.243. The van der Waals surface area contributed by atoms with Gasteiger partial charge in [0.2, 0.25) is 11.9 Å². The van der Waals surface area contributed by atoms with Gasteiger partial charge >= 0.3 is 6.18 Å². The molecule has 0 bridgehead atoms. The highest BCUT2D eigenvalue weighted by Gasteiger charge is 2.32. The van der Waals surface area contributed by atoms with Gasteiger partial charge in [-0.25, -0.2) is 9.97 Å². The Morgan fingerprint density at radius 2 is 1.91 bits per heavy atom. The summed E-state index contributed by atoms with van der Waals surface area (Å²) in [6.45, 7) is 2.69. The molecule has 0 unspecified atom stereocenters. The number of likely N-dealkylation sites (tertiary alicyclic amines) is 1. The van der Waals surface area contributed by atoms with Crippen LogP contribution in [0.15, 0.2) is 55.1 Å². The molecule has 0 radical (unpaired) electrons. The number of rotatable bonds is 10. The van der Waals surface area contributed by atoms with Gasteiger partial charge in [-0.05, 0) is 43.2 Å². The lowest BCUT2D eigenvalue weighted by atomic mass is 10.1. The Balaban J connectivity index is 1.33. The van der Waals surface area contributed by atoms with E-state index in [-0.39, 0.29) is 36.1 Å². The summed E-state index contributed by atoms with van der Waals surface area (Å²) in [4.78, 5) is 39.1. The summed E-state index contributed by atoms with van der Waals surface area (Å²) < 4.78 is 48.0. The maximum absolute atomic E-state index is 13.6. The van der Waals surface area contributed by atoms with Gasteiger partial charge < -0.3 is 25.6 Å². The molecule has 2 aromatic carbocycles. The molecular formula is C28H28F3N9O3. The van der Waals surface area contributed by atoms with Crippen LogP contribution in [-0.4, -0.2) is 68.2 Å². The van der Waals surface area contributed by atoms with Crippen LogP contribution in [0.5, 0.6) is 5.75 Å². The van der Waals surface area contributed by atoms with Crippen molar-refractivity contribution in [1.29, 1.82) is 0 Å². The van der Waals surface area contributed by atoms with E-state index < -0.39 is 17.6 Å². The molecule has 1 fully saturated rings. The first kappa shape index (κ1) is 29.3. The smallest absolute Gasteiger partial charge is 0.416 e. The van der Waals surface area contributed by atoms with Crippen LogP contribution in [0.3, 0.4) is 0 Å². The summed E-state index contributed by atoms with van der Waals surface area (Å²) >= 11 is 0. The molecule has 3 N–H and O–H groups in total. The molecule has 0 spiro atoms. The molecule has 43 heavy (non-hydrogen) atoms. The van der Waals surface area contributed by atoms with Gasteiger partial charge in [-0.3, -0.25) is 9.59 Å². The summed E-state index contributed by atoms with van der Waals surface area (Å²) in [6, 6.07) is 9.50. The zero-order valence-corrected chi connectivity index (χ0v) is 23.3. The number of benzene rings is 2. The fourth-order valence-corrected chi connectivity index (χ4v) is 4.45. The van der Waals surface area contributed by atoms with Crippen molar-refractivity contribution in [3.63, 3.8) is 0 Å². The van der Waals surface area contributed by atoms with Crippen molar-refractivity contribution in [3.05, 3.63) is 71.8 Å². The van der Waals surface area contributed by atoms with Crippen LogP contribution in [0.4, 0.5) is 36.3 Å². The summed E-state index contributed by atoms with van der Waals surface area (Å²) in [5.41, 5.74) is 0.414. The predicted octanol–water partition coefficient (Wildman–Crippen LogP) is 4.42. The van der Waals surface area contributed by atoms with Gasteiger partial charge in [0.05, 0.1) is 12.1 Å². The average molecular weight is 596 g/mol. The predicted molar refractivity (Wildman–Crippen MR) is 152 cm³/mol. The molecule has 5 rings (SSSR count). The largest absolute Gasteiger partial charge is 0.492 e. The topological polar surface area (TPSA) is 139 Å². The molecule has 0 saturated carbocycles. The van der Waals surface area contributed by atoms with Crippen molar-refractivity contribution in [1.82, 2.24) is 29.6 Å². The third-order valence-electron chi connectivity index (χ3n) is 6.71. The van der Waals surface area contributed by atoms with Crippen molar-refractivity contribution < 1.29 is 27.5 Å². The minimum absolute atomic E-state index is 0.00949. The number of nitrogens with zero attached hydrogens (tertiary/aromatic N) is 6. The number of hydrogen-bond acceptors (Lipinski definition) is 9. The minimum atomic E-state index is -4.67. The second-order valence-electron chi connectivity index (χ2n) is 9.69. The standard InChI is InChI=1S/C28H28F3N9O3/c1-17-5-6-18(10-22(17)38-27-35-16-36-40(27)24-14-23(32-2)33-15-34-24)26(42)37-20-11-19(28(29,30)31)12-21(13-20)43-9-8-39-7-3-4-25(39)41/h5-6,10-16H,3-4,7-9H2,1-2H3,(H,37,42)(H,32,33,34)(H,35,36,38). The summed E-state index contributed by atoms with van der Waals surface area (Å²) in [5.74, 6) is 0.619. The number of carbonyl (C=O) groups is 2. The molecule has 0 atom stereocenters. The number of aryl methyl sites for hydroxylation is 1. The molecule has 1 aliphatic rings. The molecule has 3 heterocycles. The molecule has 15 heteroatoms. The molecule has 224 valence electrons. The normalized spacial score (nSPS) is 13.2. The first-order valence-electron chi connectivity index (χ1n) is 13.3. The van der Waals surface area contributed by atoms with E-state index in [0.717, 1.165) is 24.1 Å². The molecule has 1 aliphatic heterocycles. The van der Waals surface area contributed by atoms with Crippen molar-refractivity contribution >= 4 is 35.0 Å². The van der Waals surface area contributed by atoms with Crippen LogP contribution >= 0.6 is 0 Å². The Morgan fingerprint density at radius 1 is 1.07 bits per heavy atom. The third-order valence-corrected chi connectivity index (χ3v) is 6.71. The number of carbonyl (C=O) groups excluding carboxylic acids is 2. The first-order chi connectivity index (χ1) is 20.6. The number of halogens is 3. The Morgan fingerprint density at radius 3 is 2.65 bits per heavy atom. The minimum Gasteiger partial charge on any atom is -0.492 e. The van der Waals surface area contributed by atoms with E-state index in [0.29, 0.717) is 36.2 Å². The lowest BCUT2D eigenvalue weighted by Crippen LogP contribution is -2.29. The monoisotopic (exact) mass is 595 g/mol. The summed E-state index contributed by atoms with van der Waals surface area (Å²) in [6.07, 6.45) is -0.754. The fourth-order valence-electron chi connectivity index (χ4n) is 4.45. The van der Waals surface area contributed by atoms with E-state index in [2.05, 4.69) is 36.0 Å². The van der Waals surface area contributed by atoms with Gasteiger partial charge in [0.1, 0.15) is 30.8 Å². The van der Waals surface area contributed by atoms with Crippen LogP contribution < -0.4 is 20.7 Å². The number of anilines is 4. The fraction of sp³-hybridized carbons (Fsp3) is 0.286. The molecule has 0 aliphatic carbocycles. The maximum Gasteiger partial charge on any atom is 0.416 e. The maximum atomic E-state index is 13.6. The summed E-state index contributed by atoms with van der Waals surface area (Å²) in [5, 5.41) is 12.8. The Kier molecular flexibility index (Phi) is 8.41. The van der Waals surface area contributed by atoms with Crippen LogP contribution in [0.2, 0.25) is 0 Å². The number of ether oxygens (including phenoxy) is 1. The Labute approximate surface area is 244 Å². The zero-order valence-electron chi connectivity index (χ0n) is 23.3. The molecule has 1 saturated heterocycles. The third kappa shape index (κ3) is 6.99. The van der Waals surface area contributed by atoms with Crippen molar-refractivity contribution in [3.8, 4) is 11.6 Å².